The van der Waals surface area contributed by atoms with Crippen molar-refractivity contribution in [1.29, 1.82) is 0 Å². The largest absolute Gasteiger partial charge is 0.216 e. The molecule has 19 heavy (non-hydrogen) atoms. The summed E-state index contributed by atoms with van der Waals surface area (Å²) in [5, 5.41) is 0.844. The van der Waals surface area contributed by atoms with Crippen LogP contribution in [0.1, 0.15) is 30.9 Å². The van der Waals surface area contributed by atoms with Gasteiger partial charge in [-0.2, -0.15) is 0 Å². The van der Waals surface area contributed by atoms with E-state index in [4.69, 9.17) is 23.2 Å². The lowest BCUT2D eigenvalue weighted by Gasteiger charge is -2.11. The average Bonchev–Trinajstić information content (AvgIpc) is 2.31. The van der Waals surface area contributed by atoms with Crippen LogP contribution < -0.4 is 0 Å². The SMILES string of the molecule is Cc1cc(-c2nc(Cl)c(C(C)C)c(Cl)n2)ccc1Br. The van der Waals surface area contributed by atoms with E-state index in [1.807, 2.05) is 39.0 Å². The summed E-state index contributed by atoms with van der Waals surface area (Å²) < 4.78 is 1.05. The van der Waals surface area contributed by atoms with Crippen LogP contribution in [-0.2, 0) is 0 Å². The van der Waals surface area contributed by atoms with E-state index in [1.54, 1.807) is 0 Å². The van der Waals surface area contributed by atoms with Gasteiger partial charge in [0.25, 0.3) is 0 Å². The van der Waals surface area contributed by atoms with E-state index in [-0.39, 0.29) is 5.92 Å². The van der Waals surface area contributed by atoms with Gasteiger partial charge in [0, 0.05) is 15.6 Å². The summed E-state index contributed by atoms with van der Waals surface area (Å²) in [6.45, 7) is 6.04. The molecule has 0 atom stereocenters. The zero-order valence-electron chi connectivity index (χ0n) is 10.8. The smallest absolute Gasteiger partial charge is 0.162 e. The van der Waals surface area contributed by atoms with Crippen LogP contribution in [0.4, 0.5) is 0 Å². The second kappa shape index (κ2) is 5.78. The molecule has 0 fully saturated rings. The number of aromatic nitrogens is 2. The Bertz CT molecular complexity index is 604. The third kappa shape index (κ3) is 3.10. The van der Waals surface area contributed by atoms with Crippen molar-refractivity contribution in [3.8, 4) is 11.4 Å². The Morgan fingerprint density at radius 1 is 1.11 bits per heavy atom. The second-order valence-electron chi connectivity index (χ2n) is 4.66. The van der Waals surface area contributed by atoms with Gasteiger partial charge in [-0.15, -0.1) is 0 Å². The Hall–Kier alpha value is -0.640. The maximum absolute atomic E-state index is 6.21. The molecule has 2 aromatic rings. The number of aryl methyl sites for hydroxylation is 1. The van der Waals surface area contributed by atoms with Crippen LogP contribution in [-0.4, -0.2) is 9.97 Å². The summed E-state index contributed by atoms with van der Waals surface area (Å²) in [6, 6.07) is 5.90. The van der Waals surface area contributed by atoms with Gasteiger partial charge >= 0.3 is 0 Å². The highest BCUT2D eigenvalue weighted by Gasteiger charge is 2.15. The van der Waals surface area contributed by atoms with E-state index in [0.29, 0.717) is 16.1 Å². The second-order valence-corrected chi connectivity index (χ2v) is 6.23. The Labute approximate surface area is 131 Å². The van der Waals surface area contributed by atoms with E-state index in [2.05, 4.69) is 25.9 Å². The zero-order chi connectivity index (χ0) is 14.2. The predicted molar refractivity (Wildman–Crippen MR) is 84.0 cm³/mol. The summed E-state index contributed by atoms with van der Waals surface area (Å²) >= 11 is 15.9. The quantitative estimate of drug-likeness (QED) is 0.648. The van der Waals surface area contributed by atoms with Gasteiger partial charge < -0.3 is 0 Å². The van der Waals surface area contributed by atoms with Crippen LogP contribution in [0.25, 0.3) is 11.4 Å². The number of hydrogen-bond donors (Lipinski definition) is 0. The number of nitrogens with zero attached hydrogens (tertiary/aromatic N) is 2. The first-order valence-electron chi connectivity index (χ1n) is 5.89. The highest BCUT2D eigenvalue weighted by atomic mass is 79.9. The van der Waals surface area contributed by atoms with Crippen molar-refractivity contribution in [1.82, 2.24) is 9.97 Å². The summed E-state index contributed by atoms with van der Waals surface area (Å²) in [6.07, 6.45) is 0. The topological polar surface area (TPSA) is 25.8 Å². The minimum atomic E-state index is 0.195. The van der Waals surface area contributed by atoms with E-state index < -0.39 is 0 Å². The van der Waals surface area contributed by atoms with Crippen molar-refractivity contribution >= 4 is 39.1 Å². The highest BCUT2D eigenvalue weighted by molar-refractivity contribution is 9.10. The fourth-order valence-corrected chi connectivity index (χ4v) is 2.88. The number of halogens is 3. The number of hydrogen-bond acceptors (Lipinski definition) is 2. The van der Waals surface area contributed by atoms with Crippen LogP contribution in [0, 0.1) is 6.92 Å². The van der Waals surface area contributed by atoms with E-state index in [1.165, 1.54) is 0 Å². The van der Waals surface area contributed by atoms with Crippen LogP contribution in [0.5, 0.6) is 0 Å². The molecule has 0 aliphatic heterocycles. The van der Waals surface area contributed by atoms with Gasteiger partial charge in [0.05, 0.1) is 0 Å². The monoisotopic (exact) mass is 358 g/mol. The van der Waals surface area contributed by atoms with Crippen molar-refractivity contribution in [2.24, 2.45) is 0 Å². The first kappa shape index (κ1) is 14.8. The molecule has 0 amide bonds. The molecule has 0 bridgehead atoms. The first-order valence-corrected chi connectivity index (χ1v) is 7.44. The summed E-state index contributed by atoms with van der Waals surface area (Å²) in [4.78, 5) is 8.70. The van der Waals surface area contributed by atoms with Crippen LogP contribution >= 0.6 is 39.1 Å². The molecule has 0 unspecified atom stereocenters. The molecular weight excluding hydrogens is 347 g/mol. The minimum absolute atomic E-state index is 0.195. The summed E-state index contributed by atoms with van der Waals surface area (Å²) in [7, 11) is 0. The standard InChI is InChI=1S/C14H13BrCl2N2/c1-7(2)11-12(16)18-14(19-13(11)17)9-4-5-10(15)8(3)6-9/h4-7H,1-3H3. The molecular formula is C14H13BrCl2N2. The van der Waals surface area contributed by atoms with Crippen LogP contribution in [0.15, 0.2) is 22.7 Å². The normalized spacial score (nSPS) is 11.1. The van der Waals surface area contributed by atoms with E-state index in [0.717, 1.165) is 21.2 Å². The Balaban J connectivity index is 2.55. The molecule has 0 spiro atoms. The third-order valence-corrected chi connectivity index (χ3v) is 4.31. The summed E-state index contributed by atoms with van der Waals surface area (Å²) in [5.74, 6) is 0.746. The van der Waals surface area contributed by atoms with Gasteiger partial charge in [-0.3, -0.25) is 0 Å². The average molecular weight is 360 g/mol. The van der Waals surface area contributed by atoms with E-state index in [9.17, 15) is 0 Å². The highest BCUT2D eigenvalue weighted by Crippen LogP contribution is 2.31. The Morgan fingerprint density at radius 2 is 1.68 bits per heavy atom. The van der Waals surface area contributed by atoms with Crippen molar-refractivity contribution in [3.63, 3.8) is 0 Å². The van der Waals surface area contributed by atoms with Crippen LogP contribution in [0.3, 0.4) is 0 Å². The van der Waals surface area contributed by atoms with E-state index >= 15 is 0 Å². The molecule has 0 aliphatic carbocycles. The lowest BCUT2D eigenvalue weighted by atomic mass is 10.1. The fraction of sp³-hybridized carbons (Fsp3) is 0.286. The molecule has 0 N–H and O–H groups in total. The Morgan fingerprint density at radius 3 is 2.16 bits per heavy atom. The fourth-order valence-electron chi connectivity index (χ4n) is 1.81. The predicted octanol–water partition coefficient (Wildman–Crippen LogP) is 5.64. The van der Waals surface area contributed by atoms with Gasteiger partial charge in [-0.25, -0.2) is 9.97 Å². The van der Waals surface area contributed by atoms with Crippen molar-refractivity contribution in [3.05, 3.63) is 44.1 Å². The first-order chi connectivity index (χ1) is 8.90. The maximum atomic E-state index is 6.21. The third-order valence-electron chi connectivity index (χ3n) is 2.85. The molecule has 0 aliphatic rings. The number of rotatable bonds is 2. The van der Waals surface area contributed by atoms with Crippen LogP contribution in [0.2, 0.25) is 10.3 Å². The lowest BCUT2D eigenvalue weighted by molar-refractivity contribution is 0.848. The minimum Gasteiger partial charge on any atom is -0.216 e. The van der Waals surface area contributed by atoms with Crippen molar-refractivity contribution in [2.75, 3.05) is 0 Å². The maximum Gasteiger partial charge on any atom is 0.162 e. The Kier molecular flexibility index (Phi) is 4.49. The lowest BCUT2D eigenvalue weighted by Crippen LogP contribution is -1.99. The molecule has 0 saturated carbocycles. The molecule has 1 aromatic carbocycles. The van der Waals surface area contributed by atoms with Gasteiger partial charge in [0.1, 0.15) is 10.3 Å². The van der Waals surface area contributed by atoms with Gasteiger partial charge in [-0.05, 0) is 30.5 Å². The molecule has 0 radical (unpaired) electrons. The number of benzene rings is 1. The van der Waals surface area contributed by atoms with Crippen molar-refractivity contribution < 1.29 is 0 Å². The molecule has 2 rings (SSSR count). The molecule has 1 heterocycles. The van der Waals surface area contributed by atoms with Gasteiger partial charge in [0.15, 0.2) is 5.82 Å². The molecule has 100 valence electrons. The van der Waals surface area contributed by atoms with Crippen molar-refractivity contribution in [2.45, 2.75) is 26.7 Å². The van der Waals surface area contributed by atoms with Gasteiger partial charge in [-0.1, -0.05) is 59.0 Å². The molecule has 1 aromatic heterocycles. The zero-order valence-corrected chi connectivity index (χ0v) is 13.9. The molecule has 2 nitrogen and oxygen atoms in total. The summed E-state index contributed by atoms with van der Waals surface area (Å²) in [5.41, 5.74) is 2.81. The molecule has 0 saturated heterocycles. The molecule has 5 heteroatoms. The van der Waals surface area contributed by atoms with Gasteiger partial charge in [0.2, 0.25) is 0 Å².